The van der Waals surface area contributed by atoms with Crippen molar-refractivity contribution in [2.45, 2.75) is 6.42 Å². The van der Waals surface area contributed by atoms with E-state index in [-0.39, 0.29) is 18.2 Å². The third-order valence-corrected chi connectivity index (χ3v) is 5.43. The van der Waals surface area contributed by atoms with E-state index < -0.39 is 5.92 Å². The molecular formula is C18H14ClN3O2S. The van der Waals surface area contributed by atoms with Gasteiger partial charge < -0.3 is 10.2 Å². The monoisotopic (exact) mass is 371 g/mol. The third-order valence-electron chi connectivity index (χ3n) is 4.16. The molecule has 0 aliphatic carbocycles. The maximum Gasteiger partial charge on any atom is 0.231 e. The molecule has 2 amide bonds. The number of carbonyl (C=O) groups is 2. The molecule has 1 aliphatic heterocycles. The van der Waals surface area contributed by atoms with E-state index in [2.05, 4.69) is 10.3 Å². The quantitative estimate of drug-likeness (QED) is 0.758. The topological polar surface area (TPSA) is 62.3 Å². The number of fused-ring (bicyclic) bond motifs is 1. The predicted molar refractivity (Wildman–Crippen MR) is 100 cm³/mol. The number of benzene rings is 2. The van der Waals surface area contributed by atoms with Gasteiger partial charge in [0.05, 0.1) is 26.8 Å². The zero-order valence-corrected chi connectivity index (χ0v) is 14.7. The summed E-state index contributed by atoms with van der Waals surface area (Å²) in [6.07, 6.45) is 0.169. The minimum Gasteiger partial charge on any atom is -0.310 e. The van der Waals surface area contributed by atoms with E-state index in [1.165, 1.54) is 11.3 Å². The van der Waals surface area contributed by atoms with Crippen LogP contribution in [0.25, 0.3) is 10.2 Å². The Morgan fingerprint density at radius 1 is 1.20 bits per heavy atom. The van der Waals surface area contributed by atoms with E-state index in [1.807, 2.05) is 36.4 Å². The number of amides is 2. The maximum absolute atomic E-state index is 12.5. The van der Waals surface area contributed by atoms with Crippen molar-refractivity contribution in [1.82, 2.24) is 4.98 Å². The first kappa shape index (κ1) is 16.1. The molecule has 1 atom stereocenters. The van der Waals surface area contributed by atoms with E-state index in [9.17, 15) is 9.59 Å². The summed E-state index contributed by atoms with van der Waals surface area (Å²) in [5.74, 6) is -0.713. The lowest BCUT2D eigenvalue weighted by atomic mass is 10.1. The van der Waals surface area contributed by atoms with Crippen molar-refractivity contribution in [2.75, 3.05) is 16.8 Å². The molecule has 1 N–H and O–H groups in total. The average Bonchev–Trinajstić information content (AvgIpc) is 3.18. The number of para-hydroxylation sites is 2. The molecule has 1 aromatic heterocycles. The summed E-state index contributed by atoms with van der Waals surface area (Å²) in [5.41, 5.74) is 1.49. The van der Waals surface area contributed by atoms with Crippen LogP contribution in [0.15, 0.2) is 48.5 Å². The predicted octanol–water partition coefficient (Wildman–Crippen LogP) is 3.94. The normalized spacial score (nSPS) is 17.2. The third kappa shape index (κ3) is 3.10. The fourth-order valence-electron chi connectivity index (χ4n) is 2.92. The lowest BCUT2D eigenvalue weighted by Crippen LogP contribution is -2.28. The molecule has 2 heterocycles. The van der Waals surface area contributed by atoms with E-state index in [4.69, 9.17) is 11.6 Å². The number of anilines is 2. The van der Waals surface area contributed by atoms with Gasteiger partial charge in [-0.15, -0.1) is 0 Å². The van der Waals surface area contributed by atoms with E-state index in [1.54, 1.807) is 17.0 Å². The average molecular weight is 372 g/mol. The molecule has 5 nitrogen and oxygen atoms in total. The molecule has 126 valence electrons. The molecule has 7 heteroatoms. The number of thiazole rings is 1. The van der Waals surface area contributed by atoms with Crippen molar-refractivity contribution >= 4 is 55.8 Å². The smallest absolute Gasteiger partial charge is 0.231 e. The molecule has 0 saturated carbocycles. The fourth-order valence-corrected chi connectivity index (χ4v) is 4.03. The molecule has 25 heavy (non-hydrogen) atoms. The minimum atomic E-state index is -0.421. The molecule has 1 fully saturated rings. The second kappa shape index (κ2) is 6.46. The molecule has 0 bridgehead atoms. The Morgan fingerprint density at radius 3 is 2.76 bits per heavy atom. The SMILES string of the molecule is O=C(Nc1nc2ccccc2s1)[C@H]1CC(=O)N(c2ccccc2Cl)C1. The highest BCUT2D eigenvalue weighted by molar-refractivity contribution is 7.22. The summed E-state index contributed by atoms with van der Waals surface area (Å²) >= 11 is 7.59. The molecular weight excluding hydrogens is 358 g/mol. The number of aromatic nitrogens is 1. The van der Waals surface area contributed by atoms with Gasteiger partial charge in [0.15, 0.2) is 5.13 Å². The largest absolute Gasteiger partial charge is 0.310 e. The van der Waals surface area contributed by atoms with Gasteiger partial charge >= 0.3 is 0 Å². The Labute approximate surface area is 153 Å². The van der Waals surface area contributed by atoms with Gasteiger partial charge in [0.25, 0.3) is 0 Å². The first-order chi connectivity index (χ1) is 12.1. The van der Waals surface area contributed by atoms with Gasteiger partial charge in [-0.25, -0.2) is 4.98 Å². The minimum absolute atomic E-state index is 0.0995. The lowest BCUT2D eigenvalue weighted by Gasteiger charge is -2.17. The van der Waals surface area contributed by atoms with Crippen LogP contribution < -0.4 is 10.2 Å². The number of nitrogens with one attached hydrogen (secondary N) is 1. The van der Waals surface area contributed by atoms with Crippen LogP contribution in [0.1, 0.15) is 6.42 Å². The molecule has 1 aliphatic rings. The molecule has 0 radical (unpaired) electrons. The van der Waals surface area contributed by atoms with Crippen molar-refractivity contribution in [1.29, 1.82) is 0 Å². The van der Waals surface area contributed by atoms with Crippen LogP contribution >= 0.6 is 22.9 Å². The van der Waals surface area contributed by atoms with Gasteiger partial charge in [0.2, 0.25) is 11.8 Å². The number of rotatable bonds is 3. The van der Waals surface area contributed by atoms with Crippen molar-refractivity contribution in [2.24, 2.45) is 5.92 Å². The van der Waals surface area contributed by atoms with Crippen LogP contribution in [0.5, 0.6) is 0 Å². The summed E-state index contributed by atoms with van der Waals surface area (Å²) < 4.78 is 1.01. The first-order valence-corrected chi connectivity index (χ1v) is 9.02. The molecule has 3 aromatic rings. The van der Waals surface area contributed by atoms with Crippen molar-refractivity contribution < 1.29 is 9.59 Å². The van der Waals surface area contributed by atoms with Crippen LogP contribution in [0.3, 0.4) is 0 Å². The van der Waals surface area contributed by atoms with Gasteiger partial charge in [-0.05, 0) is 24.3 Å². The highest BCUT2D eigenvalue weighted by Gasteiger charge is 2.36. The maximum atomic E-state index is 12.5. The van der Waals surface area contributed by atoms with Crippen molar-refractivity contribution in [3.05, 3.63) is 53.6 Å². The van der Waals surface area contributed by atoms with Crippen LogP contribution in [0, 0.1) is 5.92 Å². The lowest BCUT2D eigenvalue weighted by molar-refractivity contribution is -0.122. The summed E-state index contributed by atoms with van der Waals surface area (Å²) in [4.78, 5) is 30.8. The highest BCUT2D eigenvalue weighted by atomic mass is 35.5. The zero-order chi connectivity index (χ0) is 17.4. The summed E-state index contributed by atoms with van der Waals surface area (Å²) in [7, 11) is 0. The number of hydrogen-bond acceptors (Lipinski definition) is 4. The number of carbonyl (C=O) groups excluding carboxylic acids is 2. The molecule has 4 rings (SSSR count). The number of hydrogen-bond donors (Lipinski definition) is 1. The standard InChI is InChI=1S/C18H14ClN3O2S/c19-12-5-1-3-7-14(12)22-10-11(9-16(22)23)17(24)21-18-20-13-6-2-4-8-15(13)25-18/h1-8,11H,9-10H2,(H,20,21,24)/t11-/m0/s1. The molecule has 0 unspecified atom stereocenters. The second-order valence-electron chi connectivity index (χ2n) is 5.83. The summed E-state index contributed by atoms with van der Waals surface area (Å²) in [6, 6.07) is 14.9. The van der Waals surface area contributed by atoms with Gasteiger partial charge in [0, 0.05) is 13.0 Å². The highest BCUT2D eigenvalue weighted by Crippen LogP contribution is 2.32. The first-order valence-electron chi connectivity index (χ1n) is 7.83. The van der Waals surface area contributed by atoms with Crippen LogP contribution in [-0.4, -0.2) is 23.3 Å². The molecule has 2 aromatic carbocycles. The Kier molecular flexibility index (Phi) is 4.15. The fraction of sp³-hybridized carbons (Fsp3) is 0.167. The van der Waals surface area contributed by atoms with Crippen molar-refractivity contribution in [3.8, 4) is 0 Å². The van der Waals surface area contributed by atoms with E-state index in [0.717, 1.165) is 10.2 Å². The van der Waals surface area contributed by atoms with Gasteiger partial charge in [-0.3, -0.25) is 9.59 Å². The van der Waals surface area contributed by atoms with Gasteiger partial charge in [-0.1, -0.05) is 47.2 Å². The number of nitrogens with zero attached hydrogens (tertiary/aromatic N) is 2. The van der Waals surface area contributed by atoms with Gasteiger partial charge in [-0.2, -0.15) is 0 Å². The van der Waals surface area contributed by atoms with Crippen LogP contribution in [0.2, 0.25) is 5.02 Å². The van der Waals surface area contributed by atoms with E-state index >= 15 is 0 Å². The molecule has 0 spiro atoms. The summed E-state index contributed by atoms with van der Waals surface area (Å²) in [5, 5.41) is 3.89. The number of halogens is 1. The zero-order valence-electron chi connectivity index (χ0n) is 13.1. The molecule has 1 saturated heterocycles. The Balaban J connectivity index is 1.50. The Morgan fingerprint density at radius 2 is 1.96 bits per heavy atom. The summed E-state index contributed by atoms with van der Waals surface area (Å²) in [6.45, 7) is 0.319. The van der Waals surface area contributed by atoms with Crippen LogP contribution in [0.4, 0.5) is 10.8 Å². The second-order valence-corrected chi connectivity index (χ2v) is 7.27. The van der Waals surface area contributed by atoms with Gasteiger partial charge in [0.1, 0.15) is 0 Å². The van der Waals surface area contributed by atoms with Crippen molar-refractivity contribution in [3.63, 3.8) is 0 Å². The Bertz CT molecular complexity index is 939. The van der Waals surface area contributed by atoms with E-state index in [0.29, 0.717) is 22.4 Å². The van der Waals surface area contributed by atoms with Crippen LogP contribution in [-0.2, 0) is 9.59 Å². The Hall–Kier alpha value is -2.44.